The molecular formula is C20H25NO5S. The molecule has 1 aromatic heterocycles. The molecule has 27 heavy (non-hydrogen) atoms. The summed E-state index contributed by atoms with van der Waals surface area (Å²) in [5, 5.41) is 0. The summed E-state index contributed by atoms with van der Waals surface area (Å²) in [6, 6.07) is 10.4. The second-order valence-corrected chi connectivity index (χ2v) is 9.08. The zero-order chi connectivity index (χ0) is 19.4. The lowest BCUT2D eigenvalue weighted by atomic mass is 10.1. The number of aryl methyl sites for hydroxylation is 1. The molecule has 7 heteroatoms. The predicted molar refractivity (Wildman–Crippen MR) is 103 cm³/mol. The molecule has 1 aliphatic rings. The second-order valence-electron chi connectivity index (χ2n) is 6.85. The third-order valence-electron chi connectivity index (χ3n) is 4.61. The molecule has 0 unspecified atom stereocenters. The minimum atomic E-state index is -3.12. The monoisotopic (exact) mass is 391 g/mol. The van der Waals surface area contributed by atoms with E-state index in [0.717, 1.165) is 12.2 Å². The molecule has 0 bridgehead atoms. The molecule has 0 saturated carbocycles. The third-order valence-corrected chi connectivity index (χ3v) is 6.36. The number of nitrogens with zero attached hydrogens (tertiary/aromatic N) is 1. The minimum Gasteiger partial charge on any atom is -0.493 e. The molecule has 0 N–H and O–H groups in total. The number of rotatable bonds is 7. The standard InChI is InChI=1S/C20H25NO5S/c1-3-11-25-19-7-5-4-6-18(19)20(22)21(13-17-9-8-15(2)26-17)16-10-12-27(23,24)14-16/h4-9,16H,3,10-14H2,1-2H3/t16-/m1/s1. The van der Waals surface area contributed by atoms with E-state index in [1.54, 1.807) is 23.1 Å². The van der Waals surface area contributed by atoms with Crippen LogP contribution < -0.4 is 4.74 Å². The van der Waals surface area contributed by atoms with E-state index in [1.165, 1.54) is 0 Å². The quantitative estimate of drug-likeness (QED) is 0.724. The van der Waals surface area contributed by atoms with Gasteiger partial charge in [0.05, 0.1) is 30.2 Å². The van der Waals surface area contributed by atoms with Crippen molar-refractivity contribution in [3.05, 3.63) is 53.5 Å². The van der Waals surface area contributed by atoms with Crippen molar-refractivity contribution in [2.24, 2.45) is 0 Å². The van der Waals surface area contributed by atoms with E-state index in [2.05, 4.69) is 0 Å². The molecule has 1 amide bonds. The fraction of sp³-hybridized carbons (Fsp3) is 0.450. The van der Waals surface area contributed by atoms with Crippen LogP contribution in [0.2, 0.25) is 0 Å². The molecule has 0 spiro atoms. The van der Waals surface area contributed by atoms with Gasteiger partial charge >= 0.3 is 0 Å². The van der Waals surface area contributed by atoms with Crippen molar-refractivity contribution < 1.29 is 22.4 Å². The van der Waals surface area contributed by atoms with E-state index < -0.39 is 9.84 Å². The van der Waals surface area contributed by atoms with Gasteiger partial charge in [0.25, 0.3) is 5.91 Å². The van der Waals surface area contributed by atoms with E-state index in [1.807, 2.05) is 32.0 Å². The van der Waals surface area contributed by atoms with E-state index in [-0.39, 0.29) is 30.0 Å². The summed E-state index contributed by atoms with van der Waals surface area (Å²) < 4.78 is 35.3. The van der Waals surface area contributed by atoms with Gasteiger partial charge in [-0.05, 0) is 44.0 Å². The van der Waals surface area contributed by atoms with Gasteiger partial charge in [0.1, 0.15) is 17.3 Å². The van der Waals surface area contributed by atoms with Crippen molar-refractivity contribution in [1.29, 1.82) is 0 Å². The van der Waals surface area contributed by atoms with Gasteiger partial charge in [0.2, 0.25) is 0 Å². The van der Waals surface area contributed by atoms with Gasteiger partial charge in [0, 0.05) is 6.04 Å². The molecule has 2 aromatic rings. The third kappa shape index (κ3) is 4.71. The Kier molecular flexibility index (Phi) is 5.89. The van der Waals surface area contributed by atoms with Crippen molar-refractivity contribution in [2.75, 3.05) is 18.1 Å². The molecule has 146 valence electrons. The van der Waals surface area contributed by atoms with E-state index >= 15 is 0 Å². The second kappa shape index (κ2) is 8.17. The van der Waals surface area contributed by atoms with Crippen molar-refractivity contribution in [3.8, 4) is 5.75 Å². The number of benzene rings is 1. The van der Waals surface area contributed by atoms with Crippen LogP contribution in [-0.4, -0.2) is 43.4 Å². The van der Waals surface area contributed by atoms with Crippen molar-refractivity contribution in [2.45, 2.75) is 39.3 Å². The maximum atomic E-state index is 13.3. The Hall–Kier alpha value is -2.28. The number of hydrogen-bond acceptors (Lipinski definition) is 5. The first-order valence-corrected chi connectivity index (χ1v) is 11.0. The molecule has 0 radical (unpaired) electrons. The minimum absolute atomic E-state index is 0.0174. The summed E-state index contributed by atoms with van der Waals surface area (Å²) in [7, 11) is -3.12. The summed E-state index contributed by atoms with van der Waals surface area (Å²) in [6.07, 6.45) is 1.27. The van der Waals surface area contributed by atoms with Crippen LogP contribution in [0.3, 0.4) is 0 Å². The number of hydrogen-bond donors (Lipinski definition) is 0. The van der Waals surface area contributed by atoms with Crippen LogP contribution in [-0.2, 0) is 16.4 Å². The van der Waals surface area contributed by atoms with Crippen molar-refractivity contribution in [1.82, 2.24) is 4.90 Å². The number of carbonyl (C=O) groups excluding carboxylic acids is 1. The topological polar surface area (TPSA) is 76.8 Å². The van der Waals surface area contributed by atoms with Gasteiger partial charge in [-0.1, -0.05) is 19.1 Å². The van der Waals surface area contributed by atoms with Gasteiger partial charge in [-0.2, -0.15) is 0 Å². The lowest BCUT2D eigenvalue weighted by molar-refractivity contribution is 0.0661. The Bertz CT molecular complexity index is 903. The zero-order valence-corrected chi connectivity index (χ0v) is 16.5. The molecule has 3 rings (SSSR count). The average Bonchev–Trinajstić information content (AvgIpc) is 3.22. The van der Waals surface area contributed by atoms with Gasteiger partial charge < -0.3 is 14.1 Å². The maximum Gasteiger partial charge on any atom is 0.258 e. The number of amides is 1. The Morgan fingerprint density at radius 1 is 1.26 bits per heavy atom. The van der Waals surface area contributed by atoms with Gasteiger partial charge in [0.15, 0.2) is 9.84 Å². The highest BCUT2D eigenvalue weighted by Crippen LogP contribution is 2.26. The van der Waals surface area contributed by atoms with Crippen LogP contribution in [0.15, 0.2) is 40.8 Å². The molecular weight excluding hydrogens is 366 g/mol. The highest BCUT2D eigenvalue weighted by atomic mass is 32.2. The Balaban J connectivity index is 1.91. The van der Waals surface area contributed by atoms with E-state index in [0.29, 0.717) is 30.1 Å². The van der Waals surface area contributed by atoms with Crippen LogP contribution in [0, 0.1) is 6.92 Å². The molecule has 0 aliphatic carbocycles. The molecule has 1 saturated heterocycles. The lowest BCUT2D eigenvalue weighted by Gasteiger charge is -2.28. The highest BCUT2D eigenvalue weighted by molar-refractivity contribution is 7.91. The summed E-state index contributed by atoms with van der Waals surface area (Å²) in [5.41, 5.74) is 0.443. The summed E-state index contributed by atoms with van der Waals surface area (Å²) in [5.74, 6) is 1.76. The number of para-hydroxylation sites is 1. The van der Waals surface area contributed by atoms with Crippen LogP contribution in [0.25, 0.3) is 0 Å². The Labute approximate surface area is 160 Å². The zero-order valence-electron chi connectivity index (χ0n) is 15.7. The summed E-state index contributed by atoms with van der Waals surface area (Å²) >= 11 is 0. The van der Waals surface area contributed by atoms with Crippen molar-refractivity contribution >= 4 is 15.7 Å². The van der Waals surface area contributed by atoms with Gasteiger partial charge in [-0.25, -0.2) is 8.42 Å². The first-order valence-electron chi connectivity index (χ1n) is 9.18. The average molecular weight is 391 g/mol. The fourth-order valence-corrected chi connectivity index (χ4v) is 4.99. The first kappa shape index (κ1) is 19.5. The lowest BCUT2D eigenvalue weighted by Crippen LogP contribution is -2.40. The van der Waals surface area contributed by atoms with Crippen LogP contribution >= 0.6 is 0 Å². The van der Waals surface area contributed by atoms with Crippen LogP contribution in [0.5, 0.6) is 5.75 Å². The molecule has 1 fully saturated rings. The first-order chi connectivity index (χ1) is 12.9. The van der Waals surface area contributed by atoms with Crippen molar-refractivity contribution in [3.63, 3.8) is 0 Å². The highest BCUT2D eigenvalue weighted by Gasteiger charge is 2.36. The largest absolute Gasteiger partial charge is 0.493 e. The molecule has 1 atom stereocenters. The Morgan fingerprint density at radius 3 is 2.67 bits per heavy atom. The fourth-order valence-electron chi connectivity index (χ4n) is 3.26. The normalized spacial score (nSPS) is 18.4. The number of carbonyl (C=O) groups is 1. The van der Waals surface area contributed by atoms with Gasteiger partial charge in [-0.3, -0.25) is 4.79 Å². The van der Waals surface area contributed by atoms with Crippen LogP contribution in [0.4, 0.5) is 0 Å². The molecule has 6 nitrogen and oxygen atoms in total. The SMILES string of the molecule is CCCOc1ccccc1C(=O)N(Cc1ccc(C)o1)[C@@H]1CCS(=O)(=O)C1. The maximum absolute atomic E-state index is 13.3. The van der Waals surface area contributed by atoms with Gasteiger partial charge in [-0.15, -0.1) is 0 Å². The van der Waals surface area contributed by atoms with E-state index in [9.17, 15) is 13.2 Å². The smallest absolute Gasteiger partial charge is 0.258 e. The number of furan rings is 1. The number of ether oxygens (including phenoxy) is 1. The number of sulfone groups is 1. The summed E-state index contributed by atoms with van der Waals surface area (Å²) in [4.78, 5) is 15.0. The van der Waals surface area contributed by atoms with E-state index in [4.69, 9.17) is 9.15 Å². The molecule has 1 aliphatic heterocycles. The molecule has 2 heterocycles. The van der Waals surface area contributed by atoms with Crippen LogP contribution in [0.1, 0.15) is 41.6 Å². The predicted octanol–water partition coefficient (Wildman–Crippen LogP) is 3.21. The summed E-state index contributed by atoms with van der Waals surface area (Å²) in [6.45, 7) is 4.58. The molecule has 1 aromatic carbocycles. The Morgan fingerprint density at radius 2 is 2.04 bits per heavy atom.